The molecule has 0 saturated heterocycles. The van der Waals surface area contributed by atoms with Gasteiger partial charge in [0.05, 0.1) is 7.11 Å². The molecule has 2 aromatic carbocycles. The summed E-state index contributed by atoms with van der Waals surface area (Å²) in [5.41, 5.74) is 0.797. The predicted molar refractivity (Wildman–Crippen MR) is 77.8 cm³/mol. The number of fused-ring (bicyclic) bond motifs is 1. The number of likely N-dealkylation sites (N-methyl/N-ethyl adjacent to an activating group) is 1. The van der Waals surface area contributed by atoms with Crippen molar-refractivity contribution in [3.8, 4) is 5.75 Å². The van der Waals surface area contributed by atoms with Crippen LogP contribution in [0.2, 0.25) is 0 Å². The topological polar surface area (TPSA) is 38.3 Å². The molecule has 0 radical (unpaired) electrons. The number of ether oxygens (including phenoxy) is 1. The highest BCUT2D eigenvalue weighted by Gasteiger charge is 2.16. The fourth-order valence-corrected chi connectivity index (χ4v) is 2.16. The van der Waals surface area contributed by atoms with E-state index in [1.54, 1.807) is 7.11 Å². The minimum atomic E-state index is -0.661. The third-order valence-electron chi connectivity index (χ3n) is 2.95. The van der Waals surface area contributed by atoms with Crippen molar-refractivity contribution in [1.82, 2.24) is 5.32 Å². The summed E-state index contributed by atoms with van der Waals surface area (Å²) in [4.78, 5) is 11.7. The first-order valence-electron chi connectivity index (χ1n) is 6.15. The second-order valence-electron chi connectivity index (χ2n) is 4.23. The molecule has 0 spiro atoms. The number of rotatable bonds is 4. The molecule has 1 N–H and O–H groups in total. The lowest BCUT2D eigenvalue weighted by Crippen LogP contribution is -2.26. The fourth-order valence-electron chi connectivity index (χ4n) is 1.94. The van der Waals surface area contributed by atoms with Crippen LogP contribution >= 0.6 is 11.6 Å². The van der Waals surface area contributed by atoms with Gasteiger partial charge in [-0.05, 0) is 41.5 Å². The Kier molecular flexibility index (Phi) is 4.27. The van der Waals surface area contributed by atoms with Crippen LogP contribution in [0.1, 0.15) is 17.9 Å². The van der Waals surface area contributed by atoms with Gasteiger partial charge in [-0.25, -0.2) is 0 Å². The van der Waals surface area contributed by atoms with Gasteiger partial charge in [-0.2, -0.15) is 0 Å². The normalized spacial score (nSPS) is 12.2. The van der Waals surface area contributed by atoms with Crippen molar-refractivity contribution in [2.24, 2.45) is 0 Å². The molecule has 1 unspecified atom stereocenters. The molecule has 3 nitrogen and oxygen atoms in total. The smallest absolute Gasteiger partial charge is 0.242 e. The Labute approximate surface area is 117 Å². The van der Waals surface area contributed by atoms with E-state index in [1.165, 1.54) is 0 Å². The fraction of sp³-hybridized carbons (Fsp3) is 0.267. The Morgan fingerprint density at radius 1 is 1.26 bits per heavy atom. The largest absolute Gasteiger partial charge is 0.497 e. The summed E-state index contributed by atoms with van der Waals surface area (Å²) in [6.07, 6.45) is 0. The molecular formula is C15H16ClNO2. The minimum Gasteiger partial charge on any atom is -0.497 e. The molecule has 1 atom stereocenters. The number of alkyl halides is 1. The Hall–Kier alpha value is -1.74. The molecule has 100 valence electrons. The number of carbonyl (C=O) groups is 1. The lowest BCUT2D eigenvalue weighted by molar-refractivity contribution is -0.120. The molecule has 4 heteroatoms. The molecule has 0 saturated carbocycles. The summed E-state index contributed by atoms with van der Waals surface area (Å²) in [6, 6.07) is 11.5. The van der Waals surface area contributed by atoms with Gasteiger partial charge in [0.1, 0.15) is 11.1 Å². The van der Waals surface area contributed by atoms with Gasteiger partial charge in [-0.3, -0.25) is 4.79 Å². The van der Waals surface area contributed by atoms with Crippen molar-refractivity contribution in [2.75, 3.05) is 13.7 Å². The zero-order valence-electron chi connectivity index (χ0n) is 10.9. The van der Waals surface area contributed by atoms with E-state index in [0.717, 1.165) is 22.1 Å². The molecule has 0 heterocycles. The van der Waals surface area contributed by atoms with Gasteiger partial charge in [0.25, 0.3) is 0 Å². The van der Waals surface area contributed by atoms with Crippen molar-refractivity contribution >= 4 is 28.3 Å². The maximum Gasteiger partial charge on any atom is 0.242 e. The van der Waals surface area contributed by atoms with E-state index >= 15 is 0 Å². The summed E-state index contributed by atoms with van der Waals surface area (Å²) >= 11 is 6.16. The number of hydrogen-bond acceptors (Lipinski definition) is 2. The number of hydrogen-bond donors (Lipinski definition) is 1. The predicted octanol–water partition coefficient (Wildman–Crippen LogP) is 3.26. The van der Waals surface area contributed by atoms with Crippen molar-refractivity contribution < 1.29 is 9.53 Å². The number of halogens is 1. The van der Waals surface area contributed by atoms with E-state index in [1.807, 2.05) is 43.3 Å². The van der Waals surface area contributed by atoms with Crippen LogP contribution in [-0.4, -0.2) is 19.6 Å². The zero-order chi connectivity index (χ0) is 13.8. The molecular weight excluding hydrogens is 262 g/mol. The maximum atomic E-state index is 11.7. The lowest BCUT2D eigenvalue weighted by Gasteiger charge is -2.11. The molecule has 0 bridgehead atoms. The highest BCUT2D eigenvalue weighted by atomic mass is 35.5. The van der Waals surface area contributed by atoms with Gasteiger partial charge in [0.15, 0.2) is 0 Å². The summed E-state index contributed by atoms with van der Waals surface area (Å²) in [7, 11) is 1.64. The molecule has 19 heavy (non-hydrogen) atoms. The second kappa shape index (κ2) is 5.93. The first-order chi connectivity index (χ1) is 9.15. The van der Waals surface area contributed by atoms with E-state index in [2.05, 4.69) is 5.32 Å². The average molecular weight is 278 g/mol. The van der Waals surface area contributed by atoms with Crippen LogP contribution in [0.4, 0.5) is 0 Å². The molecule has 2 aromatic rings. The Morgan fingerprint density at radius 3 is 2.63 bits per heavy atom. The number of benzene rings is 2. The van der Waals surface area contributed by atoms with Crippen molar-refractivity contribution in [3.05, 3.63) is 42.0 Å². The van der Waals surface area contributed by atoms with Gasteiger partial charge in [0.2, 0.25) is 5.91 Å². The second-order valence-corrected chi connectivity index (χ2v) is 4.67. The van der Waals surface area contributed by atoms with Gasteiger partial charge in [0, 0.05) is 6.54 Å². The van der Waals surface area contributed by atoms with E-state index in [-0.39, 0.29) is 5.91 Å². The average Bonchev–Trinajstić information content (AvgIpc) is 2.45. The van der Waals surface area contributed by atoms with Crippen molar-refractivity contribution in [3.63, 3.8) is 0 Å². The monoisotopic (exact) mass is 277 g/mol. The SMILES string of the molecule is CCNC(=O)C(Cl)c1ccc2cc(OC)ccc2c1. The summed E-state index contributed by atoms with van der Waals surface area (Å²) in [5.74, 6) is 0.642. The van der Waals surface area contributed by atoms with E-state index in [0.29, 0.717) is 6.54 Å². The first-order valence-corrected chi connectivity index (χ1v) is 6.59. The van der Waals surface area contributed by atoms with E-state index in [9.17, 15) is 4.79 Å². The van der Waals surface area contributed by atoms with Crippen LogP contribution in [0, 0.1) is 0 Å². The van der Waals surface area contributed by atoms with Crippen molar-refractivity contribution in [2.45, 2.75) is 12.3 Å². The lowest BCUT2D eigenvalue weighted by atomic mass is 10.0. The van der Waals surface area contributed by atoms with Gasteiger partial charge in [-0.1, -0.05) is 18.2 Å². The Bertz CT molecular complexity index is 598. The zero-order valence-corrected chi connectivity index (χ0v) is 11.7. The standard InChI is InChI=1S/C15H16ClNO2/c1-3-17-15(18)14(16)12-5-4-11-9-13(19-2)7-6-10(11)8-12/h4-9,14H,3H2,1-2H3,(H,17,18). The summed E-state index contributed by atoms with van der Waals surface area (Å²) in [5, 5.41) is 4.15. The highest BCUT2D eigenvalue weighted by molar-refractivity contribution is 6.30. The Morgan fingerprint density at radius 2 is 1.95 bits per heavy atom. The van der Waals surface area contributed by atoms with Gasteiger partial charge < -0.3 is 10.1 Å². The summed E-state index contributed by atoms with van der Waals surface area (Å²) in [6.45, 7) is 2.45. The van der Waals surface area contributed by atoms with E-state index < -0.39 is 5.38 Å². The van der Waals surface area contributed by atoms with Crippen LogP contribution in [0.25, 0.3) is 10.8 Å². The van der Waals surface area contributed by atoms with Gasteiger partial charge in [-0.15, -0.1) is 11.6 Å². The van der Waals surface area contributed by atoms with E-state index in [4.69, 9.17) is 16.3 Å². The number of amides is 1. The first kappa shape index (κ1) is 13.7. The molecule has 0 aliphatic rings. The van der Waals surface area contributed by atoms with Crippen LogP contribution in [0.3, 0.4) is 0 Å². The molecule has 2 rings (SSSR count). The number of nitrogens with one attached hydrogen (secondary N) is 1. The van der Waals surface area contributed by atoms with Crippen molar-refractivity contribution in [1.29, 1.82) is 0 Å². The van der Waals surface area contributed by atoms with Crippen LogP contribution in [0.5, 0.6) is 5.75 Å². The maximum absolute atomic E-state index is 11.7. The summed E-state index contributed by atoms with van der Waals surface area (Å²) < 4.78 is 5.18. The third-order valence-corrected chi connectivity index (χ3v) is 3.40. The highest BCUT2D eigenvalue weighted by Crippen LogP contribution is 2.27. The van der Waals surface area contributed by atoms with Crippen LogP contribution in [0.15, 0.2) is 36.4 Å². The molecule has 1 amide bonds. The molecule has 0 aliphatic carbocycles. The van der Waals surface area contributed by atoms with Gasteiger partial charge >= 0.3 is 0 Å². The molecule has 0 fully saturated rings. The molecule has 0 aromatic heterocycles. The number of carbonyl (C=O) groups excluding carboxylic acids is 1. The van der Waals surface area contributed by atoms with Crippen LogP contribution < -0.4 is 10.1 Å². The third kappa shape index (κ3) is 2.99. The Balaban J connectivity index is 2.33. The molecule has 0 aliphatic heterocycles. The quantitative estimate of drug-likeness (QED) is 0.871. The number of methoxy groups -OCH3 is 1. The van der Waals surface area contributed by atoms with Crippen LogP contribution in [-0.2, 0) is 4.79 Å². The minimum absolute atomic E-state index is 0.169.